The van der Waals surface area contributed by atoms with Gasteiger partial charge in [-0.3, -0.25) is 9.59 Å². The molecular weight excluding hydrogens is 472 g/mol. The molecule has 0 saturated heterocycles. The maximum absolute atomic E-state index is 13.8. The second-order valence-corrected chi connectivity index (χ2v) is 9.94. The minimum atomic E-state index is -0.591. The molecule has 36 heavy (non-hydrogen) atoms. The number of allylic oxidation sites excluding steroid dienone is 3. The molecule has 2 heterocycles. The van der Waals surface area contributed by atoms with Crippen LogP contribution in [0, 0.1) is 0 Å². The number of thiophene rings is 1. The number of hydrogen-bond acceptors (Lipinski definition) is 6. The van der Waals surface area contributed by atoms with E-state index >= 15 is 0 Å². The van der Waals surface area contributed by atoms with Crippen LogP contribution in [0.15, 0.2) is 88.6 Å². The summed E-state index contributed by atoms with van der Waals surface area (Å²) < 4.78 is 11.2. The van der Waals surface area contributed by atoms with E-state index in [9.17, 15) is 9.59 Å². The summed E-state index contributed by atoms with van der Waals surface area (Å²) in [6.07, 6.45) is 1.10. The third-order valence-electron chi connectivity index (χ3n) is 6.80. The van der Waals surface area contributed by atoms with Gasteiger partial charge in [0.25, 0.3) is 5.91 Å². The van der Waals surface area contributed by atoms with E-state index in [4.69, 9.17) is 9.47 Å². The fourth-order valence-electron chi connectivity index (χ4n) is 5.16. The summed E-state index contributed by atoms with van der Waals surface area (Å²) in [5, 5.41) is 8.48. The summed E-state index contributed by atoms with van der Waals surface area (Å²) in [6.45, 7) is 1.89. The number of benzene rings is 2. The molecule has 3 aromatic rings. The number of ketones is 1. The van der Waals surface area contributed by atoms with Crippen LogP contribution in [0.5, 0.6) is 11.5 Å². The first-order valence-corrected chi connectivity index (χ1v) is 12.7. The van der Waals surface area contributed by atoms with Crippen LogP contribution in [-0.2, 0) is 9.59 Å². The second kappa shape index (κ2) is 10.0. The Balaban J connectivity index is 1.64. The highest BCUT2D eigenvalue weighted by Gasteiger charge is 2.42. The molecule has 1 amide bonds. The fraction of sp³-hybridized carbons (Fsp3) is 0.241. The van der Waals surface area contributed by atoms with Crippen molar-refractivity contribution in [2.24, 2.45) is 0 Å². The average molecular weight is 501 g/mol. The molecule has 0 saturated carbocycles. The van der Waals surface area contributed by atoms with E-state index in [0.717, 1.165) is 17.0 Å². The summed E-state index contributed by atoms with van der Waals surface area (Å²) in [7, 11) is 3.19. The van der Waals surface area contributed by atoms with Crippen molar-refractivity contribution in [3.05, 3.63) is 99.0 Å². The highest BCUT2D eigenvalue weighted by atomic mass is 32.1. The standard InChI is InChI=1S/C29H28N2O4S/c1-17-26(29(33)31-19-8-5-4-6-9-19)27(21-16-20(34-2)11-12-24(21)35-3)28-22(30-17)14-18(15-23(28)32)25-10-7-13-36-25/h4-13,16,18,27,30H,14-15H2,1-3H3,(H,31,33)/t18-,27+/m1/s1. The Bertz CT molecular complexity index is 1360. The number of nitrogens with one attached hydrogen (secondary N) is 2. The zero-order valence-corrected chi connectivity index (χ0v) is 21.3. The molecule has 2 aliphatic rings. The third kappa shape index (κ3) is 4.42. The van der Waals surface area contributed by atoms with E-state index < -0.39 is 5.92 Å². The topological polar surface area (TPSA) is 76.7 Å². The summed E-state index contributed by atoms with van der Waals surface area (Å²) in [6, 6.07) is 18.9. The van der Waals surface area contributed by atoms with Crippen LogP contribution >= 0.6 is 11.3 Å². The van der Waals surface area contributed by atoms with E-state index in [1.54, 1.807) is 25.6 Å². The summed E-state index contributed by atoms with van der Waals surface area (Å²) >= 11 is 1.67. The summed E-state index contributed by atoms with van der Waals surface area (Å²) in [5.41, 5.74) is 4.12. The zero-order chi connectivity index (χ0) is 25.2. The van der Waals surface area contributed by atoms with Gasteiger partial charge in [-0.05, 0) is 55.1 Å². The minimum absolute atomic E-state index is 0.0366. The molecule has 6 nitrogen and oxygen atoms in total. The number of amides is 1. The van der Waals surface area contributed by atoms with Crippen LogP contribution in [-0.4, -0.2) is 25.9 Å². The van der Waals surface area contributed by atoms with Crippen molar-refractivity contribution in [3.63, 3.8) is 0 Å². The molecule has 0 spiro atoms. The maximum atomic E-state index is 13.8. The number of methoxy groups -OCH3 is 2. The van der Waals surface area contributed by atoms with Crippen LogP contribution in [0.3, 0.4) is 0 Å². The Hall–Kier alpha value is -3.84. The quantitative estimate of drug-likeness (QED) is 0.450. The van der Waals surface area contributed by atoms with Crippen molar-refractivity contribution < 1.29 is 19.1 Å². The van der Waals surface area contributed by atoms with Crippen molar-refractivity contribution in [3.8, 4) is 11.5 Å². The van der Waals surface area contributed by atoms with Gasteiger partial charge < -0.3 is 20.1 Å². The monoisotopic (exact) mass is 500 g/mol. The van der Waals surface area contributed by atoms with Gasteiger partial charge in [0.1, 0.15) is 11.5 Å². The van der Waals surface area contributed by atoms with Crippen LogP contribution in [0.25, 0.3) is 0 Å². The predicted octanol–water partition coefficient (Wildman–Crippen LogP) is 5.77. The molecule has 7 heteroatoms. The zero-order valence-electron chi connectivity index (χ0n) is 20.5. The molecule has 1 aromatic heterocycles. The lowest BCUT2D eigenvalue weighted by molar-refractivity contribution is -0.116. The van der Waals surface area contributed by atoms with Gasteiger partial charge in [0.05, 0.1) is 20.1 Å². The third-order valence-corrected chi connectivity index (χ3v) is 7.83. The van der Waals surface area contributed by atoms with Gasteiger partial charge in [0.2, 0.25) is 0 Å². The van der Waals surface area contributed by atoms with Crippen molar-refractivity contribution >= 4 is 28.7 Å². The van der Waals surface area contributed by atoms with Crippen LogP contribution < -0.4 is 20.1 Å². The number of carbonyl (C=O) groups excluding carboxylic acids is 2. The van der Waals surface area contributed by atoms with E-state index in [0.29, 0.717) is 41.2 Å². The summed E-state index contributed by atoms with van der Waals surface area (Å²) in [5.74, 6) is 0.526. The van der Waals surface area contributed by atoms with Gasteiger partial charge in [0, 0.05) is 51.0 Å². The van der Waals surface area contributed by atoms with Gasteiger partial charge in [-0.25, -0.2) is 0 Å². The molecule has 2 atom stereocenters. The summed E-state index contributed by atoms with van der Waals surface area (Å²) in [4.78, 5) is 28.7. The van der Waals surface area contributed by atoms with Gasteiger partial charge in [-0.1, -0.05) is 24.3 Å². The molecule has 1 aliphatic heterocycles. The smallest absolute Gasteiger partial charge is 0.254 e. The molecule has 184 valence electrons. The maximum Gasteiger partial charge on any atom is 0.254 e. The first kappa shape index (κ1) is 23.9. The van der Waals surface area contributed by atoms with E-state index in [2.05, 4.69) is 16.7 Å². The Morgan fingerprint density at radius 1 is 1.03 bits per heavy atom. The van der Waals surface area contributed by atoms with Crippen LogP contribution in [0.2, 0.25) is 0 Å². The normalized spacial score (nSPS) is 19.5. The van der Waals surface area contributed by atoms with E-state index in [1.165, 1.54) is 4.88 Å². The predicted molar refractivity (Wildman–Crippen MR) is 142 cm³/mol. The van der Waals surface area contributed by atoms with Gasteiger partial charge >= 0.3 is 0 Å². The average Bonchev–Trinajstić information content (AvgIpc) is 3.43. The lowest BCUT2D eigenvalue weighted by atomic mass is 9.72. The number of ether oxygens (including phenoxy) is 2. The molecule has 2 N–H and O–H groups in total. The van der Waals surface area contributed by atoms with Gasteiger partial charge in [0.15, 0.2) is 5.78 Å². The molecule has 0 fully saturated rings. The number of dihydropyridines is 1. The first-order valence-electron chi connectivity index (χ1n) is 11.9. The Kier molecular flexibility index (Phi) is 6.65. The van der Waals surface area contributed by atoms with E-state index in [-0.39, 0.29) is 17.6 Å². The fourth-order valence-corrected chi connectivity index (χ4v) is 5.99. The van der Waals surface area contributed by atoms with Crippen molar-refractivity contribution in [2.75, 3.05) is 19.5 Å². The molecule has 5 rings (SSSR count). The van der Waals surface area contributed by atoms with Crippen molar-refractivity contribution in [1.29, 1.82) is 0 Å². The SMILES string of the molecule is COc1ccc(OC)c([C@H]2C(C(=O)Nc3ccccc3)=C(C)NC3=C2C(=O)C[C@H](c2cccs2)C3)c1. The number of para-hydroxylation sites is 1. The largest absolute Gasteiger partial charge is 0.497 e. The van der Waals surface area contributed by atoms with E-state index in [1.807, 2.05) is 66.9 Å². The second-order valence-electron chi connectivity index (χ2n) is 8.96. The molecule has 0 unspecified atom stereocenters. The Morgan fingerprint density at radius 3 is 2.53 bits per heavy atom. The van der Waals surface area contributed by atoms with Gasteiger partial charge in [-0.2, -0.15) is 0 Å². The molecular formula is C29H28N2O4S. The minimum Gasteiger partial charge on any atom is -0.497 e. The number of carbonyl (C=O) groups is 2. The van der Waals surface area contributed by atoms with Crippen molar-refractivity contribution in [2.45, 2.75) is 31.6 Å². The highest BCUT2D eigenvalue weighted by Crippen LogP contribution is 2.48. The Labute approximate surface area is 214 Å². The molecule has 0 radical (unpaired) electrons. The first-order chi connectivity index (χ1) is 17.5. The molecule has 1 aliphatic carbocycles. The van der Waals surface area contributed by atoms with Crippen LogP contribution in [0.4, 0.5) is 5.69 Å². The van der Waals surface area contributed by atoms with Crippen molar-refractivity contribution in [1.82, 2.24) is 5.32 Å². The molecule has 0 bridgehead atoms. The molecule has 2 aromatic carbocycles. The number of anilines is 1. The lowest BCUT2D eigenvalue weighted by Gasteiger charge is -2.37. The highest BCUT2D eigenvalue weighted by molar-refractivity contribution is 7.10. The van der Waals surface area contributed by atoms with Crippen LogP contribution in [0.1, 0.15) is 42.0 Å². The number of Topliss-reactive ketones (excluding diaryl/α,β-unsaturated/α-hetero) is 1. The lowest BCUT2D eigenvalue weighted by Crippen LogP contribution is -2.37. The van der Waals surface area contributed by atoms with Gasteiger partial charge in [-0.15, -0.1) is 11.3 Å². The number of rotatable bonds is 6. The number of hydrogen-bond donors (Lipinski definition) is 2. The Morgan fingerprint density at radius 2 is 1.83 bits per heavy atom.